The van der Waals surface area contributed by atoms with Gasteiger partial charge in [-0.1, -0.05) is 11.6 Å². The van der Waals surface area contributed by atoms with Crippen molar-refractivity contribution in [3.63, 3.8) is 0 Å². The number of benzene rings is 1. The Kier molecular flexibility index (Phi) is 4.63. The number of fused-ring (bicyclic) bond motifs is 1. The third-order valence-electron chi connectivity index (χ3n) is 3.12. The van der Waals surface area contributed by atoms with E-state index in [-0.39, 0.29) is 11.9 Å². The minimum absolute atomic E-state index is 0.0275. The van der Waals surface area contributed by atoms with Gasteiger partial charge in [0, 0.05) is 11.2 Å². The lowest BCUT2D eigenvalue weighted by molar-refractivity contribution is 0.239. The minimum Gasteiger partial charge on any atom is -0.489 e. The van der Waals surface area contributed by atoms with Gasteiger partial charge in [-0.2, -0.15) is 0 Å². The van der Waals surface area contributed by atoms with Crippen LogP contribution in [0.5, 0.6) is 5.75 Å². The molecule has 2 heterocycles. The van der Waals surface area contributed by atoms with Crippen molar-refractivity contribution in [1.82, 2.24) is 15.0 Å². The van der Waals surface area contributed by atoms with Gasteiger partial charge in [0.1, 0.15) is 5.75 Å². The molecule has 0 aliphatic rings. The highest BCUT2D eigenvalue weighted by Gasteiger charge is 2.15. The molecule has 0 fully saturated rings. The summed E-state index contributed by atoms with van der Waals surface area (Å²) in [6.45, 7) is 3.88. The molecule has 5 nitrogen and oxygen atoms in total. The van der Waals surface area contributed by atoms with E-state index in [0.29, 0.717) is 21.6 Å². The Bertz CT molecular complexity index is 863. The minimum atomic E-state index is -1.35. The van der Waals surface area contributed by atoms with Gasteiger partial charge in [-0.15, -0.1) is 0 Å². The zero-order chi connectivity index (χ0) is 16.4. The zero-order valence-electron chi connectivity index (χ0n) is 12.7. The van der Waals surface area contributed by atoms with Crippen molar-refractivity contribution < 1.29 is 8.95 Å². The van der Waals surface area contributed by atoms with Gasteiger partial charge in [-0.05, 0) is 44.2 Å². The molecule has 1 N–H and O–H groups in total. The van der Waals surface area contributed by atoms with E-state index in [1.807, 2.05) is 19.9 Å². The number of pyridine rings is 1. The molecule has 0 radical (unpaired) electrons. The van der Waals surface area contributed by atoms with Gasteiger partial charge < -0.3 is 9.72 Å². The monoisotopic (exact) mass is 349 g/mol. The van der Waals surface area contributed by atoms with Crippen molar-refractivity contribution in [3.8, 4) is 5.75 Å². The van der Waals surface area contributed by atoms with E-state index in [0.717, 1.165) is 11.0 Å². The van der Waals surface area contributed by atoms with E-state index >= 15 is 0 Å². The molecule has 0 saturated carbocycles. The lowest BCUT2D eigenvalue weighted by atomic mass is 10.3. The molecule has 0 bridgehead atoms. The average Bonchev–Trinajstić information content (AvgIpc) is 2.92. The number of halogens is 1. The van der Waals surface area contributed by atoms with E-state index in [1.165, 1.54) is 0 Å². The lowest BCUT2D eigenvalue weighted by Gasteiger charge is -2.12. The van der Waals surface area contributed by atoms with Gasteiger partial charge in [0.05, 0.1) is 39.4 Å². The topological polar surface area (TPSA) is 67.9 Å². The first-order valence-corrected chi connectivity index (χ1v) is 8.87. The fourth-order valence-electron chi connectivity index (χ4n) is 2.15. The van der Waals surface area contributed by atoms with Crippen LogP contribution in [-0.4, -0.2) is 25.3 Å². The average molecular weight is 350 g/mol. The van der Waals surface area contributed by atoms with Crippen LogP contribution in [-0.2, 0) is 16.6 Å². The molecular weight excluding hydrogens is 334 g/mol. The number of aromatic amines is 1. The Morgan fingerprint density at radius 2 is 2.17 bits per heavy atom. The smallest absolute Gasteiger partial charge is 0.197 e. The number of hydrogen-bond donors (Lipinski definition) is 1. The van der Waals surface area contributed by atoms with E-state index in [4.69, 9.17) is 16.3 Å². The molecule has 3 aromatic rings. The van der Waals surface area contributed by atoms with Gasteiger partial charge in [-0.3, -0.25) is 9.19 Å². The first-order valence-electron chi connectivity index (χ1n) is 7.17. The predicted octanol–water partition coefficient (Wildman–Crippen LogP) is 3.71. The molecule has 23 heavy (non-hydrogen) atoms. The van der Waals surface area contributed by atoms with Crippen molar-refractivity contribution >= 4 is 33.4 Å². The maximum absolute atomic E-state index is 12.6. The molecule has 120 valence electrons. The standard InChI is InChI=1S/C16H16ClN3O2S/c1-10(2)22-15-4-3-7-18-14(15)9-23(21)16-19-12-6-5-11(17)8-13(12)20-16/h3-8,10H,9H2,1-2H3,(H,19,20). The van der Waals surface area contributed by atoms with Crippen LogP contribution in [0, 0.1) is 0 Å². The predicted molar refractivity (Wildman–Crippen MR) is 91.2 cm³/mol. The van der Waals surface area contributed by atoms with Crippen molar-refractivity contribution in [2.75, 3.05) is 0 Å². The summed E-state index contributed by atoms with van der Waals surface area (Å²) in [5.74, 6) is 0.881. The van der Waals surface area contributed by atoms with Crippen LogP contribution in [0.1, 0.15) is 19.5 Å². The molecular formula is C16H16ClN3O2S. The number of hydrogen-bond acceptors (Lipinski definition) is 4. The van der Waals surface area contributed by atoms with Crippen molar-refractivity contribution in [2.24, 2.45) is 0 Å². The Labute approximate surface area is 141 Å². The molecule has 1 unspecified atom stereocenters. The summed E-state index contributed by atoms with van der Waals surface area (Å²) in [5.41, 5.74) is 2.15. The van der Waals surface area contributed by atoms with Gasteiger partial charge in [0.2, 0.25) is 0 Å². The number of aromatic nitrogens is 3. The van der Waals surface area contributed by atoms with Crippen LogP contribution < -0.4 is 4.74 Å². The molecule has 0 aliphatic heterocycles. The summed E-state index contributed by atoms with van der Waals surface area (Å²) in [5, 5.41) is 1.01. The number of H-pyrrole nitrogens is 1. The van der Waals surface area contributed by atoms with Crippen molar-refractivity contribution in [1.29, 1.82) is 0 Å². The Balaban J connectivity index is 1.86. The lowest BCUT2D eigenvalue weighted by Crippen LogP contribution is -2.09. The van der Waals surface area contributed by atoms with Crippen LogP contribution >= 0.6 is 11.6 Å². The first-order chi connectivity index (χ1) is 11.0. The Morgan fingerprint density at radius 1 is 1.35 bits per heavy atom. The fourth-order valence-corrected chi connectivity index (χ4v) is 3.35. The second kappa shape index (κ2) is 6.68. The first kappa shape index (κ1) is 16.0. The Morgan fingerprint density at radius 3 is 2.96 bits per heavy atom. The number of rotatable bonds is 5. The quantitative estimate of drug-likeness (QED) is 0.762. The number of ether oxygens (including phenoxy) is 1. The largest absolute Gasteiger partial charge is 0.489 e. The van der Waals surface area contributed by atoms with E-state index in [1.54, 1.807) is 30.5 Å². The van der Waals surface area contributed by atoms with Crippen LogP contribution in [0.4, 0.5) is 0 Å². The maximum Gasteiger partial charge on any atom is 0.197 e. The van der Waals surface area contributed by atoms with Gasteiger partial charge in [0.15, 0.2) is 5.16 Å². The molecule has 0 amide bonds. The molecule has 3 rings (SSSR count). The third-order valence-corrected chi connectivity index (χ3v) is 4.51. The summed E-state index contributed by atoms with van der Waals surface area (Å²) in [7, 11) is -1.35. The van der Waals surface area contributed by atoms with Crippen LogP contribution in [0.2, 0.25) is 5.02 Å². The molecule has 0 spiro atoms. The second-order valence-corrected chi connectivity index (χ2v) is 7.11. The highest BCUT2D eigenvalue weighted by molar-refractivity contribution is 7.84. The SMILES string of the molecule is CC(C)Oc1cccnc1CS(=O)c1nc2ccc(Cl)cc2[nH]1. The van der Waals surface area contributed by atoms with E-state index < -0.39 is 10.8 Å². The van der Waals surface area contributed by atoms with Crippen LogP contribution in [0.3, 0.4) is 0 Å². The molecule has 7 heteroatoms. The number of nitrogens with zero attached hydrogens (tertiary/aromatic N) is 2. The normalized spacial score (nSPS) is 12.7. The van der Waals surface area contributed by atoms with Crippen LogP contribution in [0.25, 0.3) is 11.0 Å². The molecule has 0 aliphatic carbocycles. The van der Waals surface area contributed by atoms with Gasteiger partial charge in [-0.25, -0.2) is 4.98 Å². The summed E-state index contributed by atoms with van der Waals surface area (Å²) in [4.78, 5) is 11.7. The highest BCUT2D eigenvalue weighted by Crippen LogP contribution is 2.22. The zero-order valence-corrected chi connectivity index (χ0v) is 14.3. The molecule has 1 aromatic carbocycles. The number of nitrogens with one attached hydrogen (secondary N) is 1. The number of imidazole rings is 1. The third kappa shape index (κ3) is 3.71. The van der Waals surface area contributed by atoms with Crippen molar-refractivity contribution in [3.05, 3.63) is 47.2 Å². The highest BCUT2D eigenvalue weighted by atomic mass is 35.5. The summed E-state index contributed by atoms with van der Waals surface area (Å²) < 4.78 is 18.3. The summed E-state index contributed by atoms with van der Waals surface area (Å²) in [6.07, 6.45) is 1.69. The van der Waals surface area contributed by atoms with Crippen molar-refractivity contribution in [2.45, 2.75) is 30.9 Å². The Hall–Kier alpha value is -1.92. The van der Waals surface area contributed by atoms with Crippen LogP contribution in [0.15, 0.2) is 41.7 Å². The molecule has 2 aromatic heterocycles. The molecule has 1 atom stereocenters. The summed E-state index contributed by atoms with van der Waals surface area (Å²) in [6, 6.07) is 8.94. The van der Waals surface area contributed by atoms with Gasteiger partial charge in [0.25, 0.3) is 0 Å². The maximum atomic E-state index is 12.6. The van der Waals surface area contributed by atoms with Gasteiger partial charge >= 0.3 is 0 Å². The second-order valence-electron chi connectivity index (χ2n) is 5.31. The summed E-state index contributed by atoms with van der Waals surface area (Å²) >= 11 is 5.96. The fraction of sp³-hybridized carbons (Fsp3) is 0.250. The van der Waals surface area contributed by atoms with E-state index in [2.05, 4.69) is 15.0 Å². The molecule has 0 saturated heterocycles. The van der Waals surface area contributed by atoms with E-state index in [9.17, 15) is 4.21 Å².